The number of carboxylic acid groups (broad SMARTS) is 1. The van der Waals surface area contributed by atoms with E-state index in [1.807, 2.05) is 0 Å². The zero-order chi connectivity index (χ0) is 31.8. The van der Waals surface area contributed by atoms with Crippen LogP contribution in [0.2, 0.25) is 5.02 Å². The quantitative estimate of drug-likeness (QED) is 0.248. The van der Waals surface area contributed by atoms with Crippen LogP contribution in [0, 0.1) is 11.7 Å². The molecule has 0 spiro atoms. The molecule has 0 bridgehead atoms. The van der Waals surface area contributed by atoms with Gasteiger partial charge in [-0.1, -0.05) is 23.7 Å². The number of rotatable bonds is 5. The molecule has 45 heavy (non-hydrogen) atoms. The van der Waals surface area contributed by atoms with Crippen LogP contribution < -0.4 is 0 Å². The molecule has 3 heterocycles. The van der Waals surface area contributed by atoms with E-state index in [4.69, 9.17) is 11.6 Å². The van der Waals surface area contributed by atoms with Crippen molar-refractivity contribution in [1.29, 1.82) is 0 Å². The zero-order valence-electron chi connectivity index (χ0n) is 23.3. The molecule has 1 aliphatic heterocycles. The predicted molar refractivity (Wildman–Crippen MR) is 155 cm³/mol. The first kappa shape index (κ1) is 29.6. The van der Waals surface area contributed by atoms with Gasteiger partial charge in [0, 0.05) is 28.3 Å². The van der Waals surface area contributed by atoms with E-state index in [1.54, 1.807) is 10.4 Å². The van der Waals surface area contributed by atoms with Crippen molar-refractivity contribution < 1.29 is 37.1 Å². The number of nitrogens with zero attached hydrogens (tertiary/aromatic N) is 4. The number of hydrogen-bond acceptors (Lipinski definition) is 6. The standard InChI is InChI=1S/C31H23ClF4N4O4S/c32-20-3-1-2-19(30(8-9-30)31(34,35)36)25(20)28(42)40-23-11-15(27(41)39-12-22-24(13-39)45-14-37-22)4-7-18(23)26(38-40)17-6-5-16(29(43)44)10-21(17)33/h1-3,5-6,10,14-15H,4,7-9,11-13H2,(H,43,44)/t15-/m0/s1. The van der Waals surface area contributed by atoms with Crippen LogP contribution in [0.4, 0.5) is 17.6 Å². The highest BCUT2D eigenvalue weighted by molar-refractivity contribution is 7.09. The fraction of sp³-hybridized carbons (Fsp3) is 0.323. The molecule has 2 aromatic carbocycles. The molecule has 232 valence electrons. The molecule has 1 amide bonds. The first-order chi connectivity index (χ1) is 21.4. The second kappa shape index (κ2) is 10.5. The minimum Gasteiger partial charge on any atom is -0.478 e. The number of fused-ring (bicyclic) bond motifs is 2. The van der Waals surface area contributed by atoms with Gasteiger partial charge in [-0.15, -0.1) is 11.3 Å². The van der Waals surface area contributed by atoms with Gasteiger partial charge in [0.2, 0.25) is 5.91 Å². The van der Waals surface area contributed by atoms with E-state index in [-0.39, 0.29) is 70.3 Å². The van der Waals surface area contributed by atoms with Crippen molar-refractivity contribution in [3.63, 3.8) is 0 Å². The maximum Gasteiger partial charge on any atom is 0.398 e. The molecule has 2 aliphatic carbocycles. The van der Waals surface area contributed by atoms with Crippen LogP contribution in [0.5, 0.6) is 0 Å². The molecule has 1 saturated carbocycles. The van der Waals surface area contributed by atoms with Gasteiger partial charge in [-0.05, 0) is 55.5 Å². The topological polar surface area (TPSA) is 105 Å². The van der Waals surface area contributed by atoms with Crippen LogP contribution in [-0.2, 0) is 36.1 Å². The van der Waals surface area contributed by atoms with Gasteiger partial charge in [0.1, 0.15) is 5.82 Å². The molecule has 1 atom stereocenters. The highest BCUT2D eigenvalue weighted by Crippen LogP contribution is 2.60. The minimum absolute atomic E-state index is 0.0313. The van der Waals surface area contributed by atoms with Gasteiger partial charge in [-0.2, -0.15) is 23.0 Å². The van der Waals surface area contributed by atoms with E-state index >= 15 is 4.39 Å². The number of benzene rings is 2. The van der Waals surface area contributed by atoms with Crippen LogP contribution in [0.15, 0.2) is 41.9 Å². The monoisotopic (exact) mass is 658 g/mol. The second-order valence-electron chi connectivity index (χ2n) is 11.6. The van der Waals surface area contributed by atoms with Crippen molar-refractivity contribution in [3.05, 3.63) is 91.3 Å². The number of aromatic nitrogens is 3. The van der Waals surface area contributed by atoms with E-state index in [0.717, 1.165) is 21.3 Å². The highest BCUT2D eigenvalue weighted by Gasteiger charge is 2.65. The molecule has 3 aliphatic rings. The van der Waals surface area contributed by atoms with Crippen LogP contribution >= 0.6 is 22.9 Å². The smallest absolute Gasteiger partial charge is 0.398 e. The average molecular weight is 659 g/mol. The summed E-state index contributed by atoms with van der Waals surface area (Å²) in [6.07, 6.45) is -4.41. The Labute approximate surface area is 262 Å². The van der Waals surface area contributed by atoms with Crippen molar-refractivity contribution >= 4 is 40.7 Å². The molecule has 2 aromatic heterocycles. The third kappa shape index (κ3) is 4.75. The van der Waals surface area contributed by atoms with E-state index in [1.165, 1.54) is 41.7 Å². The first-order valence-electron chi connectivity index (χ1n) is 14.1. The number of amides is 1. The average Bonchev–Trinajstić information content (AvgIpc) is 3.35. The molecule has 8 nitrogen and oxygen atoms in total. The van der Waals surface area contributed by atoms with Gasteiger partial charge < -0.3 is 10.0 Å². The molecule has 14 heteroatoms. The van der Waals surface area contributed by atoms with Gasteiger partial charge in [-0.3, -0.25) is 9.59 Å². The maximum absolute atomic E-state index is 15.3. The number of hydrogen-bond donors (Lipinski definition) is 1. The molecule has 7 rings (SSSR count). The molecule has 4 aromatic rings. The molecule has 1 N–H and O–H groups in total. The van der Waals surface area contributed by atoms with Crippen molar-refractivity contribution in [2.75, 3.05) is 0 Å². The number of carboxylic acids is 1. The van der Waals surface area contributed by atoms with Crippen LogP contribution in [-0.4, -0.2) is 48.7 Å². The van der Waals surface area contributed by atoms with Gasteiger partial charge in [-0.25, -0.2) is 14.2 Å². The van der Waals surface area contributed by atoms with E-state index < -0.39 is 35.2 Å². The number of aromatic carboxylic acids is 1. The first-order valence-corrected chi connectivity index (χ1v) is 15.4. The van der Waals surface area contributed by atoms with E-state index in [2.05, 4.69) is 10.1 Å². The zero-order valence-corrected chi connectivity index (χ0v) is 24.9. The number of carbonyl (C=O) groups excluding carboxylic acids is 2. The van der Waals surface area contributed by atoms with Crippen LogP contribution in [0.25, 0.3) is 11.3 Å². The Bertz CT molecular complexity index is 1890. The van der Waals surface area contributed by atoms with Gasteiger partial charge >= 0.3 is 12.1 Å². The molecule has 0 saturated heterocycles. The Kier molecular flexibility index (Phi) is 6.89. The molecular formula is C31H23ClF4N4O4S. The highest BCUT2D eigenvalue weighted by atomic mass is 35.5. The summed E-state index contributed by atoms with van der Waals surface area (Å²) < 4.78 is 59.0. The number of thiazole rings is 1. The second-order valence-corrected chi connectivity index (χ2v) is 12.9. The van der Waals surface area contributed by atoms with Gasteiger partial charge in [0.15, 0.2) is 0 Å². The van der Waals surface area contributed by atoms with Crippen molar-refractivity contribution in [2.45, 2.75) is 56.8 Å². The fourth-order valence-corrected chi connectivity index (χ4v) is 7.55. The normalized spacial score (nSPS) is 18.4. The summed E-state index contributed by atoms with van der Waals surface area (Å²) in [6.45, 7) is 0.767. The lowest BCUT2D eigenvalue weighted by Crippen LogP contribution is -2.36. The molecule has 0 radical (unpaired) electrons. The summed E-state index contributed by atoms with van der Waals surface area (Å²) in [7, 11) is 0. The van der Waals surface area contributed by atoms with E-state index in [0.29, 0.717) is 25.1 Å². The lowest BCUT2D eigenvalue weighted by Gasteiger charge is -2.27. The summed E-state index contributed by atoms with van der Waals surface area (Å²) in [4.78, 5) is 46.3. The van der Waals surface area contributed by atoms with Gasteiger partial charge in [0.05, 0.1) is 57.2 Å². The predicted octanol–water partition coefficient (Wildman–Crippen LogP) is 6.43. The maximum atomic E-state index is 15.3. The Hall–Kier alpha value is -4.10. The fourth-order valence-electron chi connectivity index (χ4n) is 6.50. The largest absolute Gasteiger partial charge is 0.478 e. The summed E-state index contributed by atoms with van der Waals surface area (Å²) in [5.41, 5.74) is 0.150. The summed E-state index contributed by atoms with van der Waals surface area (Å²) in [5, 5.41) is 13.6. The Morgan fingerprint density at radius 1 is 1.11 bits per heavy atom. The van der Waals surface area contributed by atoms with E-state index in [9.17, 15) is 32.7 Å². The SMILES string of the molecule is O=C(O)c1ccc(-c2nn(C(=O)c3c(Cl)cccc3C3(C(F)(F)F)CC3)c3c2CC[C@H](C(=O)N2Cc4ncsc4C2)C3)c(F)c1. The van der Waals surface area contributed by atoms with Crippen molar-refractivity contribution in [3.8, 4) is 11.3 Å². The molecule has 1 fully saturated rings. The summed E-state index contributed by atoms with van der Waals surface area (Å²) >= 11 is 7.89. The lowest BCUT2D eigenvalue weighted by atomic mass is 9.84. The van der Waals surface area contributed by atoms with Crippen LogP contribution in [0.3, 0.4) is 0 Å². The third-order valence-electron chi connectivity index (χ3n) is 9.03. The number of alkyl halides is 3. The number of halogens is 5. The molecule has 0 unspecified atom stereocenters. The third-order valence-corrected chi connectivity index (χ3v) is 10.2. The summed E-state index contributed by atoms with van der Waals surface area (Å²) in [6, 6.07) is 7.22. The van der Waals surface area contributed by atoms with Crippen LogP contribution in [0.1, 0.15) is 67.4 Å². The van der Waals surface area contributed by atoms with Crippen molar-refractivity contribution in [1.82, 2.24) is 19.7 Å². The Morgan fingerprint density at radius 3 is 2.56 bits per heavy atom. The molecular weight excluding hydrogens is 636 g/mol. The Morgan fingerprint density at radius 2 is 1.89 bits per heavy atom. The minimum atomic E-state index is -4.62. The van der Waals surface area contributed by atoms with Gasteiger partial charge in [0.25, 0.3) is 5.91 Å². The van der Waals surface area contributed by atoms with Crippen molar-refractivity contribution in [2.24, 2.45) is 5.92 Å². The number of carbonyl (C=O) groups is 3. The summed E-state index contributed by atoms with van der Waals surface area (Å²) in [5.74, 6) is -3.87. The Balaban J connectivity index is 1.33. The lowest BCUT2D eigenvalue weighted by molar-refractivity contribution is -0.160.